The summed E-state index contributed by atoms with van der Waals surface area (Å²) in [5, 5.41) is 3.34. The summed E-state index contributed by atoms with van der Waals surface area (Å²) in [5.41, 5.74) is 1.36. The van der Waals surface area contributed by atoms with Crippen molar-refractivity contribution < 1.29 is 17.9 Å². The van der Waals surface area contributed by atoms with E-state index in [2.05, 4.69) is 14.8 Å². The fraction of sp³-hybridized carbons (Fsp3) is 0.462. The van der Waals surface area contributed by atoms with Crippen molar-refractivity contribution >= 4 is 22.0 Å². The highest BCUT2D eigenvalue weighted by molar-refractivity contribution is 7.91. The minimum absolute atomic E-state index is 0.101. The van der Waals surface area contributed by atoms with E-state index in [0.29, 0.717) is 18.3 Å². The number of rotatable bonds is 7. The molecule has 8 heteroatoms. The zero-order valence-electron chi connectivity index (χ0n) is 11.8. The molecule has 0 aliphatic heterocycles. The lowest BCUT2D eigenvalue weighted by Crippen LogP contribution is -2.35. The Morgan fingerprint density at radius 2 is 2.14 bits per heavy atom. The minimum Gasteiger partial charge on any atom is -0.449 e. The Labute approximate surface area is 124 Å². The van der Waals surface area contributed by atoms with E-state index in [1.165, 1.54) is 12.8 Å². The molecule has 21 heavy (non-hydrogen) atoms. The predicted molar refractivity (Wildman–Crippen MR) is 79.0 cm³/mol. The fourth-order valence-electron chi connectivity index (χ4n) is 1.75. The van der Waals surface area contributed by atoms with Gasteiger partial charge in [-0.15, -0.1) is 0 Å². The van der Waals surface area contributed by atoms with Crippen LogP contribution in [0.1, 0.15) is 25.3 Å². The van der Waals surface area contributed by atoms with Crippen LogP contribution in [0.5, 0.6) is 0 Å². The van der Waals surface area contributed by atoms with Crippen LogP contribution in [0.2, 0.25) is 0 Å². The van der Waals surface area contributed by atoms with Gasteiger partial charge in [-0.2, -0.15) is 8.42 Å². The Morgan fingerprint density at radius 3 is 2.81 bits per heavy atom. The van der Waals surface area contributed by atoms with E-state index in [1.54, 1.807) is 29.8 Å². The summed E-state index contributed by atoms with van der Waals surface area (Å²) >= 11 is 0. The molecule has 1 aromatic carbocycles. The quantitative estimate of drug-likeness (QED) is 0.706. The molecule has 1 amide bonds. The van der Waals surface area contributed by atoms with E-state index in [9.17, 15) is 13.2 Å². The van der Waals surface area contributed by atoms with Gasteiger partial charge in [0.05, 0.1) is 12.3 Å². The van der Waals surface area contributed by atoms with Gasteiger partial charge >= 0.3 is 16.3 Å². The van der Waals surface area contributed by atoms with Crippen molar-refractivity contribution in [1.82, 2.24) is 10.0 Å². The normalized spacial score (nSPS) is 14.5. The van der Waals surface area contributed by atoms with Crippen LogP contribution >= 0.6 is 0 Å². The highest BCUT2D eigenvalue weighted by Crippen LogP contribution is 2.20. The molecule has 0 aromatic heterocycles. The van der Waals surface area contributed by atoms with Crippen molar-refractivity contribution in [3.8, 4) is 0 Å². The molecule has 0 spiro atoms. The number of anilines is 1. The molecule has 1 saturated carbocycles. The van der Waals surface area contributed by atoms with Crippen LogP contribution < -0.4 is 14.8 Å². The Morgan fingerprint density at radius 1 is 1.38 bits per heavy atom. The van der Waals surface area contributed by atoms with Crippen LogP contribution in [0.4, 0.5) is 10.5 Å². The van der Waals surface area contributed by atoms with Gasteiger partial charge in [0.1, 0.15) is 0 Å². The van der Waals surface area contributed by atoms with Gasteiger partial charge in [-0.1, -0.05) is 12.1 Å². The molecule has 0 atom stereocenters. The third-order valence-electron chi connectivity index (χ3n) is 2.84. The van der Waals surface area contributed by atoms with Gasteiger partial charge in [0.2, 0.25) is 0 Å². The van der Waals surface area contributed by atoms with E-state index < -0.39 is 16.3 Å². The largest absolute Gasteiger partial charge is 0.449 e. The smallest absolute Gasteiger partial charge is 0.422 e. The van der Waals surface area contributed by atoms with Gasteiger partial charge in [0.15, 0.2) is 0 Å². The molecule has 1 aliphatic rings. The Hall–Kier alpha value is -1.80. The third-order valence-corrected chi connectivity index (χ3v) is 3.78. The van der Waals surface area contributed by atoms with E-state index in [4.69, 9.17) is 0 Å². The lowest BCUT2D eigenvalue weighted by atomic mass is 10.2. The Balaban J connectivity index is 1.94. The van der Waals surface area contributed by atoms with Crippen LogP contribution in [0.15, 0.2) is 24.3 Å². The Kier molecular flexibility index (Phi) is 5.03. The first-order chi connectivity index (χ1) is 9.98. The predicted octanol–water partition coefficient (Wildman–Crippen LogP) is 1.34. The summed E-state index contributed by atoms with van der Waals surface area (Å²) < 4.78 is 32.1. The van der Waals surface area contributed by atoms with Gasteiger partial charge in [0.25, 0.3) is 0 Å². The van der Waals surface area contributed by atoms with E-state index in [-0.39, 0.29) is 6.61 Å². The van der Waals surface area contributed by atoms with Gasteiger partial charge in [-0.3, -0.25) is 4.72 Å². The van der Waals surface area contributed by atoms with Gasteiger partial charge in [-0.05, 0) is 37.5 Å². The van der Waals surface area contributed by atoms with Gasteiger partial charge in [-0.25, -0.2) is 9.52 Å². The fourth-order valence-corrected chi connectivity index (χ4v) is 2.51. The number of benzene rings is 1. The summed E-state index contributed by atoms with van der Waals surface area (Å²) in [6.07, 6.45) is 1.38. The molecule has 0 radical (unpaired) electrons. The van der Waals surface area contributed by atoms with Crippen molar-refractivity contribution in [2.45, 2.75) is 32.4 Å². The first-order valence-corrected chi connectivity index (χ1v) is 8.26. The monoisotopic (exact) mass is 313 g/mol. The number of hydrogen-bond donors (Lipinski definition) is 3. The molecular formula is C13H19N3O4S. The highest BCUT2D eigenvalue weighted by atomic mass is 32.2. The standard InChI is InChI=1S/C13H19N3O4S/c1-2-20-13(17)16-21(18,19)15-12-5-3-4-10(8-12)9-14-11-6-7-11/h3-5,8,11,14-15H,2,6-7,9H2,1H3,(H,16,17). The second-order valence-electron chi connectivity index (χ2n) is 4.78. The molecule has 2 rings (SSSR count). The number of carbonyl (C=O) groups is 1. The molecule has 0 heterocycles. The van der Waals surface area contributed by atoms with Crippen molar-refractivity contribution in [2.24, 2.45) is 0 Å². The van der Waals surface area contributed by atoms with Crippen molar-refractivity contribution in [3.05, 3.63) is 29.8 Å². The highest BCUT2D eigenvalue weighted by Gasteiger charge is 2.20. The van der Waals surface area contributed by atoms with Crippen LogP contribution in [-0.2, 0) is 21.5 Å². The topological polar surface area (TPSA) is 96.5 Å². The molecule has 1 aliphatic carbocycles. The molecule has 3 N–H and O–H groups in total. The molecule has 0 unspecified atom stereocenters. The SMILES string of the molecule is CCOC(=O)NS(=O)(=O)Nc1cccc(CNC2CC2)c1. The maximum atomic E-state index is 11.7. The van der Waals surface area contributed by atoms with Crippen molar-refractivity contribution in [1.29, 1.82) is 0 Å². The van der Waals surface area contributed by atoms with Crippen LogP contribution in [0.3, 0.4) is 0 Å². The lowest BCUT2D eigenvalue weighted by Gasteiger charge is -2.10. The zero-order valence-corrected chi connectivity index (χ0v) is 12.6. The second-order valence-corrected chi connectivity index (χ2v) is 6.20. The van der Waals surface area contributed by atoms with Gasteiger partial charge < -0.3 is 10.1 Å². The van der Waals surface area contributed by atoms with E-state index in [1.807, 2.05) is 6.07 Å². The average Bonchev–Trinajstić information content (AvgIpc) is 3.19. The van der Waals surface area contributed by atoms with E-state index in [0.717, 1.165) is 5.56 Å². The second kappa shape index (κ2) is 6.77. The molecule has 1 aromatic rings. The molecule has 0 saturated heterocycles. The van der Waals surface area contributed by atoms with Gasteiger partial charge in [0, 0.05) is 12.6 Å². The summed E-state index contributed by atoms with van der Waals surface area (Å²) in [4.78, 5) is 11.1. The number of amides is 1. The van der Waals surface area contributed by atoms with Crippen LogP contribution in [-0.4, -0.2) is 27.2 Å². The molecule has 7 nitrogen and oxygen atoms in total. The number of ether oxygens (including phenoxy) is 1. The zero-order chi connectivity index (χ0) is 15.3. The molecule has 116 valence electrons. The number of carbonyl (C=O) groups excluding carboxylic acids is 1. The summed E-state index contributed by atoms with van der Waals surface area (Å²) in [5.74, 6) is 0. The number of hydrogen-bond acceptors (Lipinski definition) is 5. The lowest BCUT2D eigenvalue weighted by molar-refractivity contribution is 0.159. The van der Waals surface area contributed by atoms with E-state index >= 15 is 0 Å². The maximum Gasteiger partial charge on any atom is 0.422 e. The van der Waals surface area contributed by atoms with Crippen LogP contribution in [0, 0.1) is 0 Å². The van der Waals surface area contributed by atoms with Crippen molar-refractivity contribution in [2.75, 3.05) is 11.3 Å². The number of nitrogens with one attached hydrogen (secondary N) is 3. The maximum absolute atomic E-state index is 11.7. The molecule has 1 fully saturated rings. The third kappa shape index (κ3) is 5.60. The Bertz CT molecular complexity index is 599. The molecule has 0 bridgehead atoms. The first kappa shape index (κ1) is 15.6. The average molecular weight is 313 g/mol. The summed E-state index contributed by atoms with van der Waals surface area (Å²) in [6, 6.07) is 7.58. The molecular weight excluding hydrogens is 294 g/mol. The first-order valence-electron chi connectivity index (χ1n) is 6.78. The van der Waals surface area contributed by atoms with Crippen LogP contribution in [0.25, 0.3) is 0 Å². The summed E-state index contributed by atoms with van der Waals surface area (Å²) in [7, 11) is -3.99. The summed E-state index contributed by atoms with van der Waals surface area (Å²) in [6.45, 7) is 2.38. The van der Waals surface area contributed by atoms with Crippen molar-refractivity contribution in [3.63, 3.8) is 0 Å². The minimum atomic E-state index is -3.99.